The number of anilines is 2. The zero-order chi connectivity index (χ0) is 32.5. The second-order valence-corrected chi connectivity index (χ2v) is 11.5. The standard InChI is InChI=1S/C32H30F2N8O5/c1-19-32(17-45-18-32)46-12-11-41(19)24-13-21(5-4-20-6-9-35-10-7-20)15-37-29(24)47-22-14-25(30(43)44)42(16-22)31-39-27(23-3-2-8-36-23)38-28(40-31)26(33)34/h2-3,6-10,13,15,19,22,25-26,36H,11-12,14,16-18H2,1H3,(H,43,44)/t19-,22-,25-/m0/s1. The summed E-state index contributed by atoms with van der Waals surface area (Å²) in [6, 6.07) is 7.60. The number of aliphatic carboxylic acids is 1. The zero-order valence-corrected chi connectivity index (χ0v) is 25.2. The van der Waals surface area contributed by atoms with Crippen LogP contribution in [0.25, 0.3) is 11.5 Å². The Balaban J connectivity index is 1.21. The molecule has 4 aromatic heterocycles. The summed E-state index contributed by atoms with van der Waals surface area (Å²) in [5.74, 6) is 4.44. The molecule has 0 saturated carbocycles. The van der Waals surface area contributed by atoms with E-state index in [1.807, 2.05) is 18.2 Å². The lowest BCUT2D eigenvalue weighted by Gasteiger charge is -2.53. The van der Waals surface area contributed by atoms with Crippen molar-refractivity contribution in [1.82, 2.24) is 29.9 Å². The average Bonchev–Trinajstić information content (AvgIpc) is 3.75. The number of carboxylic acids is 1. The molecule has 3 atom stereocenters. The fourth-order valence-corrected chi connectivity index (χ4v) is 5.98. The topological polar surface area (TPSA) is 152 Å². The molecule has 1 spiro atoms. The number of hydrogen-bond acceptors (Lipinski definition) is 11. The molecule has 7 heterocycles. The number of aromatic nitrogens is 6. The zero-order valence-electron chi connectivity index (χ0n) is 25.2. The lowest BCUT2D eigenvalue weighted by atomic mass is 9.90. The minimum absolute atomic E-state index is 0.00891. The number of pyridine rings is 2. The number of nitrogens with one attached hydrogen (secondary N) is 1. The SMILES string of the molecule is C[C@@H]1N(c2cc(C#Cc3ccncc3)cnc2O[C@H]2C[C@@H](C(=O)O)N(c3nc(-c4ccc[nH]4)nc(C(F)F)n3)C2)CCOC12COC2. The summed E-state index contributed by atoms with van der Waals surface area (Å²) in [6.45, 7) is 4.01. The van der Waals surface area contributed by atoms with Crippen molar-refractivity contribution in [1.29, 1.82) is 0 Å². The fraction of sp³-hybridized carbons (Fsp3) is 0.375. The van der Waals surface area contributed by atoms with Gasteiger partial charge in [-0.3, -0.25) is 4.98 Å². The summed E-state index contributed by atoms with van der Waals surface area (Å²) < 4.78 is 45.8. The Hall–Kier alpha value is -5.20. The monoisotopic (exact) mass is 644 g/mol. The van der Waals surface area contributed by atoms with E-state index in [2.05, 4.69) is 53.6 Å². The molecule has 0 amide bonds. The van der Waals surface area contributed by atoms with Gasteiger partial charge in [-0.15, -0.1) is 0 Å². The number of alkyl halides is 2. The number of morpholine rings is 1. The molecule has 0 radical (unpaired) electrons. The van der Waals surface area contributed by atoms with E-state index in [-0.39, 0.29) is 36.7 Å². The highest BCUT2D eigenvalue weighted by Crippen LogP contribution is 2.39. The van der Waals surface area contributed by atoms with Gasteiger partial charge in [0.15, 0.2) is 5.82 Å². The number of aromatic amines is 1. The van der Waals surface area contributed by atoms with Crippen LogP contribution >= 0.6 is 0 Å². The summed E-state index contributed by atoms with van der Waals surface area (Å²) in [5, 5.41) is 10.1. The number of nitrogens with zero attached hydrogens (tertiary/aromatic N) is 7. The molecule has 2 N–H and O–H groups in total. The fourth-order valence-electron chi connectivity index (χ4n) is 5.98. The van der Waals surface area contributed by atoms with Crippen LogP contribution in [0.15, 0.2) is 55.1 Å². The van der Waals surface area contributed by atoms with Crippen LogP contribution in [-0.4, -0.2) is 97.7 Å². The maximum Gasteiger partial charge on any atom is 0.326 e. The first kappa shape index (κ1) is 30.5. The minimum Gasteiger partial charge on any atom is -0.480 e. The summed E-state index contributed by atoms with van der Waals surface area (Å²) in [4.78, 5) is 39.7. The minimum atomic E-state index is -2.99. The number of H-pyrrole nitrogens is 1. The van der Waals surface area contributed by atoms with Crippen LogP contribution in [0.2, 0.25) is 0 Å². The third-order valence-corrected chi connectivity index (χ3v) is 8.57. The van der Waals surface area contributed by atoms with Gasteiger partial charge in [-0.2, -0.15) is 9.97 Å². The number of carbonyl (C=O) groups is 1. The second-order valence-electron chi connectivity index (χ2n) is 11.5. The molecule has 15 heteroatoms. The molecule has 3 aliphatic rings. The van der Waals surface area contributed by atoms with E-state index >= 15 is 0 Å². The summed E-state index contributed by atoms with van der Waals surface area (Å²) in [7, 11) is 0. The first-order chi connectivity index (χ1) is 22.8. The molecule has 3 fully saturated rings. The van der Waals surface area contributed by atoms with Crippen molar-refractivity contribution < 1.29 is 32.9 Å². The van der Waals surface area contributed by atoms with Crippen LogP contribution in [0, 0.1) is 11.8 Å². The first-order valence-corrected chi connectivity index (χ1v) is 15.0. The quantitative estimate of drug-likeness (QED) is 0.285. The molecule has 0 aromatic carbocycles. The normalized spacial score (nSPS) is 21.7. The van der Waals surface area contributed by atoms with Gasteiger partial charge in [0.25, 0.3) is 6.43 Å². The van der Waals surface area contributed by atoms with Gasteiger partial charge < -0.3 is 34.1 Å². The Bertz CT molecular complexity index is 1810. The maximum atomic E-state index is 13.8. The van der Waals surface area contributed by atoms with E-state index in [0.29, 0.717) is 43.3 Å². The van der Waals surface area contributed by atoms with Crippen molar-refractivity contribution in [3.63, 3.8) is 0 Å². The van der Waals surface area contributed by atoms with Crippen molar-refractivity contribution in [2.45, 2.75) is 43.6 Å². The number of hydrogen-bond donors (Lipinski definition) is 2. The Kier molecular flexibility index (Phi) is 8.12. The predicted octanol–water partition coefficient (Wildman–Crippen LogP) is 3.10. The molecular weight excluding hydrogens is 614 g/mol. The maximum absolute atomic E-state index is 13.8. The molecule has 0 bridgehead atoms. The van der Waals surface area contributed by atoms with E-state index < -0.39 is 36.0 Å². The molecule has 4 aromatic rings. The lowest BCUT2D eigenvalue weighted by Crippen LogP contribution is -2.68. The van der Waals surface area contributed by atoms with Crippen LogP contribution < -0.4 is 14.5 Å². The predicted molar refractivity (Wildman–Crippen MR) is 163 cm³/mol. The Morgan fingerprint density at radius 3 is 2.66 bits per heavy atom. The van der Waals surface area contributed by atoms with E-state index in [4.69, 9.17) is 14.2 Å². The van der Waals surface area contributed by atoms with Gasteiger partial charge in [0.1, 0.15) is 23.4 Å². The van der Waals surface area contributed by atoms with Gasteiger partial charge in [-0.25, -0.2) is 23.5 Å². The van der Waals surface area contributed by atoms with Gasteiger partial charge in [0.2, 0.25) is 17.7 Å². The Labute approximate surface area is 268 Å². The number of ether oxygens (including phenoxy) is 3. The van der Waals surface area contributed by atoms with Crippen molar-refractivity contribution in [2.75, 3.05) is 42.7 Å². The largest absolute Gasteiger partial charge is 0.480 e. The Morgan fingerprint density at radius 2 is 1.96 bits per heavy atom. The van der Waals surface area contributed by atoms with Gasteiger partial charge in [-0.1, -0.05) is 11.8 Å². The van der Waals surface area contributed by atoms with Crippen molar-refractivity contribution in [3.8, 4) is 29.2 Å². The number of carboxylic acid groups (broad SMARTS) is 1. The van der Waals surface area contributed by atoms with Crippen LogP contribution in [0.5, 0.6) is 5.88 Å². The number of halogens is 2. The van der Waals surface area contributed by atoms with E-state index in [1.54, 1.807) is 36.9 Å². The third kappa shape index (κ3) is 6.05. The van der Waals surface area contributed by atoms with E-state index in [0.717, 1.165) is 5.56 Å². The smallest absolute Gasteiger partial charge is 0.326 e. The molecule has 3 aliphatic heterocycles. The lowest BCUT2D eigenvalue weighted by molar-refractivity contribution is -0.228. The molecule has 242 valence electrons. The molecule has 13 nitrogen and oxygen atoms in total. The highest BCUT2D eigenvalue weighted by atomic mass is 19.3. The second kappa shape index (κ2) is 12.5. The average molecular weight is 645 g/mol. The van der Waals surface area contributed by atoms with E-state index in [1.165, 1.54) is 4.90 Å². The van der Waals surface area contributed by atoms with Crippen LogP contribution in [-0.2, 0) is 14.3 Å². The van der Waals surface area contributed by atoms with Gasteiger partial charge in [-0.05, 0) is 37.3 Å². The first-order valence-electron chi connectivity index (χ1n) is 15.0. The molecular formula is C32H30F2N8O5. The van der Waals surface area contributed by atoms with Crippen LogP contribution in [0.1, 0.15) is 36.7 Å². The highest BCUT2D eigenvalue weighted by Gasteiger charge is 2.50. The molecule has 3 saturated heterocycles. The molecule has 0 aliphatic carbocycles. The third-order valence-electron chi connectivity index (χ3n) is 8.57. The van der Waals surface area contributed by atoms with E-state index in [9.17, 15) is 18.7 Å². The molecule has 0 unspecified atom stereocenters. The molecule has 47 heavy (non-hydrogen) atoms. The van der Waals surface area contributed by atoms with Crippen molar-refractivity contribution in [2.24, 2.45) is 0 Å². The van der Waals surface area contributed by atoms with Crippen molar-refractivity contribution >= 4 is 17.6 Å². The summed E-state index contributed by atoms with van der Waals surface area (Å²) in [5.41, 5.74) is 2.05. The Morgan fingerprint density at radius 1 is 1.15 bits per heavy atom. The van der Waals surface area contributed by atoms with Gasteiger partial charge in [0.05, 0.1) is 38.1 Å². The van der Waals surface area contributed by atoms with Gasteiger partial charge in [0, 0.05) is 48.9 Å². The summed E-state index contributed by atoms with van der Waals surface area (Å²) >= 11 is 0. The highest BCUT2D eigenvalue weighted by molar-refractivity contribution is 5.78. The van der Waals surface area contributed by atoms with Crippen LogP contribution in [0.3, 0.4) is 0 Å². The number of rotatable bonds is 7. The van der Waals surface area contributed by atoms with Crippen LogP contribution in [0.4, 0.5) is 20.4 Å². The van der Waals surface area contributed by atoms with Gasteiger partial charge >= 0.3 is 5.97 Å². The molecule has 7 rings (SSSR count). The summed E-state index contributed by atoms with van der Waals surface area (Å²) in [6.07, 6.45) is 2.90. The van der Waals surface area contributed by atoms with Crippen molar-refractivity contribution in [3.05, 3.63) is 72.1 Å².